The first-order chi connectivity index (χ1) is 12.5. The molecular formula is C21H22N2O3. The number of H-pyrrole nitrogens is 1. The number of nitrogens with one attached hydrogen (secondary N) is 1. The minimum atomic E-state index is -0.496. The second-order valence-electron chi connectivity index (χ2n) is 6.41. The Kier molecular flexibility index (Phi) is 5.07. The van der Waals surface area contributed by atoms with Gasteiger partial charge in [0.2, 0.25) is 5.56 Å². The first kappa shape index (κ1) is 17.7. The average Bonchev–Trinajstić information content (AvgIpc) is 2.65. The summed E-state index contributed by atoms with van der Waals surface area (Å²) in [5, 5.41) is 2.09. The molecule has 0 saturated heterocycles. The fraction of sp³-hybridized carbons (Fsp3) is 0.238. The molecule has 5 heteroatoms. The Bertz CT molecular complexity index is 971. The van der Waals surface area contributed by atoms with Gasteiger partial charge in [-0.05, 0) is 52.6 Å². The Labute approximate surface area is 152 Å². The van der Waals surface area contributed by atoms with E-state index in [1.165, 1.54) is 6.07 Å². The van der Waals surface area contributed by atoms with Gasteiger partial charge in [0, 0.05) is 26.4 Å². The molecule has 134 valence electrons. The van der Waals surface area contributed by atoms with E-state index in [9.17, 15) is 9.59 Å². The van der Waals surface area contributed by atoms with Crippen LogP contribution in [0, 0.1) is 0 Å². The molecule has 1 heterocycles. The summed E-state index contributed by atoms with van der Waals surface area (Å²) in [7, 11) is 3.45. The summed E-state index contributed by atoms with van der Waals surface area (Å²) < 4.78 is 5.92. The number of likely N-dealkylation sites (N-methyl/N-ethyl adjacent to an activating group) is 1. The molecule has 0 saturated carbocycles. The van der Waals surface area contributed by atoms with Crippen LogP contribution in [0.5, 0.6) is 5.75 Å². The summed E-state index contributed by atoms with van der Waals surface area (Å²) in [5.41, 5.74) is 1.82. The highest BCUT2D eigenvalue weighted by Crippen LogP contribution is 2.27. The van der Waals surface area contributed by atoms with Gasteiger partial charge in [0.1, 0.15) is 5.75 Å². The quantitative estimate of drug-likeness (QED) is 0.767. The van der Waals surface area contributed by atoms with E-state index in [1.54, 1.807) is 31.3 Å². The van der Waals surface area contributed by atoms with Gasteiger partial charge in [0.15, 0.2) is 6.10 Å². The molecule has 1 amide bonds. The van der Waals surface area contributed by atoms with Gasteiger partial charge in [-0.2, -0.15) is 0 Å². The van der Waals surface area contributed by atoms with E-state index >= 15 is 0 Å². The topological polar surface area (TPSA) is 62.4 Å². The van der Waals surface area contributed by atoms with Crippen molar-refractivity contribution >= 4 is 16.7 Å². The number of hydrogen-bond acceptors (Lipinski definition) is 3. The van der Waals surface area contributed by atoms with Crippen molar-refractivity contribution in [2.24, 2.45) is 0 Å². The largest absolute Gasteiger partial charge is 0.481 e. The fourth-order valence-electron chi connectivity index (χ4n) is 2.83. The van der Waals surface area contributed by atoms with E-state index in [0.717, 1.165) is 21.9 Å². The molecule has 2 aromatic carbocycles. The first-order valence-electron chi connectivity index (χ1n) is 8.58. The van der Waals surface area contributed by atoms with Crippen LogP contribution in [0.25, 0.3) is 21.9 Å². The summed E-state index contributed by atoms with van der Waals surface area (Å²) in [6, 6.07) is 15.2. The summed E-state index contributed by atoms with van der Waals surface area (Å²) in [6.07, 6.45) is 1.81. The lowest BCUT2D eigenvalue weighted by molar-refractivity contribution is -0.136. The number of aromatic amines is 1. The second-order valence-corrected chi connectivity index (χ2v) is 6.41. The molecule has 0 radical (unpaired) electrons. The van der Waals surface area contributed by atoms with Crippen molar-refractivity contribution in [3.05, 3.63) is 65.1 Å². The van der Waals surface area contributed by atoms with Crippen molar-refractivity contribution in [3.8, 4) is 16.9 Å². The van der Waals surface area contributed by atoms with Gasteiger partial charge in [-0.25, -0.2) is 0 Å². The molecule has 1 aromatic heterocycles. The molecule has 0 bridgehead atoms. The summed E-state index contributed by atoms with van der Waals surface area (Å²) in [6.45, 7) is 1.93. The minimum Gasteiger partial charge on any atom is -0.481 e. The molecule has 0 aliphatic carbocycles. The predicted octanol–water partition coefficient (Wildman–Crippen LogP) is 3.44. The molecular weight excluding hydrogens is 328 g/mol. The molecule has 1 atom stereocenters. The first-order valence-corrected chi connectivity index (χ1v) is 8.58. The Balaban J connectivity index is 1.93. The third kappa shape index (κ3) is 3.77. The molecule has 0 aliphatic heterocycles. The van der Waals surface area contributed by atoms with Crippen LogP contribution in [-0.4, -0.2) is 36.0 Å². The lowest BCUT2D eigenvalue weighted by atomic mass is 10.0. The van der Waals surface area contributed by atoms with E-state index < -0.39 is 6.10 Å². The highest BCUT2D eigenvalue weighted by atomic mass is 16.5. The number of rotatable bonds is 5. The Hall–Kier alpha value is -3.08. The van der Waals surface area contributed by atoms with E-state index in [1.807, 2.05) is 43.3 Å². The summed E-state index contributed by atoms with van der Waals surface area (Å²) in [5.74, 6) is 0.618. The van der Waals surface area contributed by atoms with Gasteiger partial charge in [0.25, 0.3) is 5.91 Å². The predicted molar refractivity (Wildman–Crippen MR) is 103 cm³/mol. The van der Waals surface area contributed by atoms with Gasteiger partial charge in [-0.3, -0.25) is 9.59 Å². The highest BCUT2D eigenvalue weighted by molar-refractivity contribution is 5.88. The monoisotopic (exact) mass is 350 g/mol. The van der Waals surface area contributed by atoms with E-state index in [4.69, 9.17) is 4.74 Å². The molecule has 0 fully saturated rings. The van der Waals surface area contributed by atoms with Gasteiger partial charge < -0.3 is 14.6 Å². The van der Waals surface area contributed by atoms with Crippen molar-refractivity contribution in [1.29, 1.82) is 0 Å². The maximum atomic E-state index is 12.2. The normalized spacial score (nSPS) is 12.0. The van der Waals surface area contributed by atoms with Gasteiger partial charge in [-0.15, -0.1) is 0 Å². The number of hydrogen-bond donors (Lipinski definition) is 1. The maximum absolute atomic E-state index is 12.2. The van der Waals surface area contributed by atoms with Crippen LogP contribution in [0.1, 0.15) is 13.3 Å². The number of nitrogens with zero attached hydrogens (tertiary/aromatic N) is 1. The fourth-order valence-corrected chi connectivity index (χ4v) is 2.83. The molecule has 1 unspecified atom stereocenters. The minimum absolute atomic E-state index is 0.0467. The number of ether oxygens (including phenoxy) is 1. The molecule has 3 aromatic rings. The number of carbonyl (C=O) groups excluding carboxylic acids is 1. The van der Waals surface area contributed by atoms with Crippen LogP contribution in [0.2, 0.25) is 0 Å². The highest BCUT2D eigenvalue weighted by Gasteiger charge is 2.20. The van der Waals surface area contributed by atoms with Crippen LogP contribution < -0.4 is 10.3 Å². The standard InChI is InChI=1S/C21H22N2O3/c1-4-19(21(25)23(2)3)26-18-9-7-14-5-6-15(11-17(14)12-18)16-8-10-20(24)22-13-16/h5-13,19H,4H2,1-3H3,(H,22,24). The van der Waals surface area contributed by atoms with Crippen molar-refractivity contribution in [2.45, 2.75) is 19.4 Å². The van der Waals surface area contributed by atoms with Gasteiger partial charge >= 0.3 is 0 Å². The molecule has 0 aliphatic rings. The molecule has 26 heavy (non-hydrogen) atoms. The molecule has 3 rings (SSSR count). The number of benzene rings is 2. The third-order valence-electron chi connectivity index (χ3n) is 4.29. The van der Waals surface area contributed by atoms with E-state index in [0.29, 0.717) is 12.2 Å². The van der Waals surface area contributed by atoms with Crippen LogP contribution in [-0.2, 0) is 4.79 Å². The Morgan fingerprint density at radius 2 is 1.77 bits per heavy atom. The maximum Gasteiger partial charge on any atom is 0.263 e. The average molecular weight is 350 g/mol. The van der Waals surface area contributed by atoms with E-state index in [2.05, 4.69) is 4.98 Å². The SMILES string of the molecule is CCC(Oc1ccc2ccc(-c3ccc(=O)[nH]c3)cc2c1)C(=O)N(C)C. The second kappa shape index (κ2) is 7.44. The number of carbonyl (C=O) groups is 1. The lowest BCUT2D eigenvalue weighted by Crippen LogP contribution is -2.37. The smallest absolute Gasteiger partial charge is 0.263 e. The van der Waals surface area contributed by atoms with Gasteiger partial charge in [-0.1, -0.05) is 25.1 Å². The molecule has 0 spiro atoms. The number of amides is 1. The third-order valence-corrected chi connectivity index (χ3v) is 4.29. The summed E-state index contributed by atoms with van der Waals surface area (Å²) >= 11 is 0. The van der Waals surface area contributed by atoms with E-state index in [-0.39, 0.29) is 11.5 Å². The van der Waals surface area contributed by atoms with Gasteiger partial charge in [0.05, 0.1) is 0 Å². The van der Waals surface area contributed by atoms with Crippen molar-refractivity contribution in [3.63, 3.8) is 0 Å². The van der Waals surface area contributed by atoms with Crippen LogP contribution in [0.3, 0.4) is 0 Å². The molecule has 1 N–H and O–H groups in total. The van der Waals surface area contributed by atoms with Crippen molar-refractivity contribution in [2.75, 3.05) is 14.1 Å². The number of fused-ring (bicyclic) bond motifs is 1. The number of pyridine rings is 1. The van der Waals surface area contributed by atoms with Crippen LogP contribution in [0.4, 0.5) is 0 Å². The van der Waals surface area contributed by atoms with Crippen molar-refractivity contribution < 1.29 is 9.53 Å². The zero-order valence-corrected chi connectivity index (χ0v) is 15.2. The zero-order chi connectivity index (χ0) is 18.7. The Morgan fingerprint density at radius 1 is 1.04 bits per heavy atom. The van der Waals surface area contributed by atoms with Crippen molar-refractivity contribution in [1.82, 2.24) is 9.88 Å². The molecule has 5 nitrogen and oxygen atoms in total. The van der Waals surface area contributed by atoms with Crippen LogP contribution >= 0.6 is 0 Å². The lowest BCUT2D eigenvalue weighted by Gasteiger charge is -2.20. The van der Waals surface area contributed by atoms with Crippen LogP contribution in [0.15, 0.2) is 59.5 Å². The summed E-state index contributed by atoms with van der Waals surface area (Å²) in [4.78, 5) is 27.7. The number of aromatic nitrogens is 1. The Morgan fingerprint density at radius 3 is 2.42 bits per heavy atom. The zero-order valence-electron chi connectivity index (χ0n) is 15.2.